The van der Waals surface area contributed by atoms with Crippen LogP contribution in [0.4, 0.5) is 0 Å². The second kappa shape index (κ2) is 5.89. The first-order valence-electron chi connectivity index (χ1n) is 6.73. The second-order valence-corrected chi connectivity index (χ2v) is 5.95. The van der Waals surface area contributed by atoms with Gasteiger partial charge in [0.05, 0.1) is 0 Å². The van der Waals surface area contributed by atoms with Crippen molar-refractivity contribution >= 4 is 0 Å². The fourth-order valence-electron chi connectivity index (χ4n) is 3.15. The molecule has 1 heteroatoms. The third kappa shape index (κ3) is 3.48. The van der Waals surface area contributed by atoms with E-state index in [0.717, 1.165) is 29.7 Å². The van der Waals surface area contributed by atoms with E-state index in [0.29, 0.717) is 0 Å². The normalized spacial score (nSPS) is 31.6. The lowest BCUT2D eigenvalue weighted by atomic mass is 9.73. The first-order valence-corrected chi connectivity index (χ1v) is 6.73. The van der Waals surface area contributed by atoms with Gasteiger partial charge in [-0.05, 0) is 43.6 Å². The number of nitrogens with one attached hydrogen (secondary N) is 1. The highest BCUT2D eigenvalue weighted by atomic mass is 14.9. The molecule has 4 atom stereocenters. The van der Waals surface area contributed by atoms with Gasteiger partial charge >= 0.3 is 0 Å². The molecule has 1 nitrogen and oxygen atoms in total. The van der Waals surface area contributed by atoms with Gasteiger partial charge in [-0.3, -0.25) is 0 Å². The molecule has 0 amide bonds. The standard InChI is InChI=1S/C14H29N/c1-10(2)12(4)14(15-5)13-8-6-7-11(3)9-13/h10-15H,6-9H2,1-5H3. The minimum Gasteiger partial charge on any atom is -0.316 e. The van der Waals surface area contributed by atoms with E-state index in [-0.39, 0.29) is 0 Å². The fourth-order valence-corrected chi connectivity index (χ4v) is 3.15. The fraction of sp³-hybridized carbons (Fsp3) is 1.00. The monoisotopic (exact) mass is 211 g/mol. The molecule has 90 valence electrons. The van der Waals surface area contributed by atoms with Gasteiger partial charge in [0.25, 0.3) is 0 Å². The minimum atomic E-state index is 0.729. The van der Waals surface area contributed by atoms with Crippen molar-refractivity contribution in [2.24, 2.45) is 23.7 Å². The van der Waals surface area contributed by atoms with Gasteiger partial charge < -0.3 is 5.32 Å². The Labute approximate surface area is 96.0 Å². The first-order chi connectivity index (χ1) is 7.06. The van der Waals surface area contributed by atoms with Gasteiger partial charge in [0.15, 0.2) is 0 Å². The van der Waals surface area contributed by atoms with Crippen LogP contribution in [0.25, 0.3) is 0 Å². The molecule has 1 rings (SSSR count). The molecule has 1 fully saturated rings. The Morgan fingerprint density at radius 2 is 1.80 bits per heavy atom. The van der Waals surface area contributed by atoms with Gasteiger partial charge in [0.2, 0.25) is 0 Å². The molecule has 1 saturated carbocycles. The second-order valence-electron chi connectivity index (χ2n) is 5.95. The molecule has 0 aromatic carbocycles. The van der Waals surface area contributed by atoms with E-state index >= 15 is 0 Å². The molecule has 0 aromatic rings. The molecule has 0 bridgehead atoms. The van der Waals surface area contributed by atoms with Crippen LogP contribution in [0.2, 0.25) is 0 Å². The summed E-state index contributed by atoms with van der Waals surface area (Å²) in [4.78, 5) is 0. The van der Waals surface area contributed by atoms with Crippen LogP contribution in [-0.2, 0) is 0 Å². The lowest BCUT2D eigenvalue weighted by molar-refractivity contribution is 0.166. The van der Waals surface area contributed by atoms with E-state index in [1.807, 2.05) is 0 Å². The largest absolute Gasteiger partial charge is 0.316 e. The van der Waals surface area contributed by atoms with Crippen LogP contribution in [-0.4, -0.2) is 13.1 Å². The van der Waals surface area contributed by atoms with Crippen molar-refractivity contribution in [3.05, 3.63) is 0 Å². The summed E-state index contributed by atoms with van der Waals surface area (Å²) in [6, 6.07) is 0.729. The van der Waals surface area contributed by atoms with E-state index in [9.17, 15) is 0 Å². The van der Waals surface area contributed by atoms with Crippen LogP contribution in [0.1, 0.15) is 53.4 Å². The molecule has 1 aliphatic carbocycles. The maximum absolute atomic E-state index is 3.57. The summed E-state index contributed by atoms with van der Waals surface area (Å²) in [5, 5.41) is 3.57. The highest BCUT2D eigenvalue weighted by molar-refractivity contribution is 4.85. The summed E-state index contributed by atoms with van der Waals surface area (Å²) in [6.07, 6.45) is 5.76. The summed E-state index contributed by atoms with van der Waals surface area (Å²) in [5.74, 6) is 3.44. The van der Waals surface area contributed by atoms with Gasteiger partial charge in [-0.25, -0.2) is 0 Å². The average molecular weight is 211 g/mol. The quantitative estimate of drug-likeness (QED) is 0.748. The first kappa shape index (κ1) is 13.0. The SMILES string of the molecule is CNC(C1CCCC(C)C1)C(C)C(C)C. The van der Waals surface area contributed by atoms with Crippen molar-refractivity contribution in [2.75, 3.05) is 7.05 Å². The van der Waals surface area contributed by atoms with Crippen LogP contribution in [0.5, 0.6) is 0 Å². The molecule has 0 heterocycles. The topological polar surface area (TPSA) is 12.0 Å². The highest BCUT2D eigenvalue weighted by Crippen LogP contribution is 2.34. The Hall–Kier alpha value is -0.0400. The molecule has 4 unspecified atom stereocenters. The van der Waals surface area contributed by atoms with Crippen molar-refractivity contribution in [3.63, 3.8) is 0 Å². The third-order valence-electron chi connectivity index (χ3n) is 4.44. The summed E-state index contributed by atoms with van der Waals surface area (Å²) in [6.45, 7) is 9.52. The zero-order valence-electron chi connectivity index (χ0n) is 11.2. The van der Waals surface area contributed by atoms with Crippen molar-refractivity contribution in [3.8, 4) is 0 Å². The third-order valence-corrected chi connectivity index (χ3v) is 4.44. The van der Waals surface area contributed by atoms with E-state index in [1.165, 1.54) is 25.7 Å². The molecular weight excluding hydrogens is 182 g/mol. The Morgan fingerprint density at radius 3 is 2.27 bits per heavy atom. The summed E-state index contributed by atoms with van der Waals surface area (Å²) >= 11 is 0. The molecule has 0 spiro atoms. The van der Waals surface area contributed by atoms with Crippen molar-refractivity contribution in [1.82, 2.24) is 5.32 Å². The molecule has 1 aliphatic rings. The summed E-state index contributed by atoms with van der Waals surface area (Å²) in [5.41, 5.74) is 0. The molecule has 0 aliphatic heterocycles. The minimum absolute atomic E-state index is 0.729. The Balaban J connectivity index is 2.56. The predicted octanol–water partition coefficient (Wildman–Crippen LogP) is 3.69. The smallest absolute Gasteiger partial charge is 0.0120 e. The Kier molecular flexibility index (Phi) is 5.11. The van der Waals surface area contributed by atoms with Gasteiger partial charge in [-0.2, -0.15) is 0 Å². The summed E-state index contributed by atoms with van der Waals surface area (Å²) in [7, 11) is 2.14. The Bertz CT molecular complexity index is 176. The lowest BCUT2D eigenvalue weighted by Crippen LogP contribution is -2.42. The maximum Gasteiger partial charge on any atom is 0.0120 e. The summed E-state index contributed by atoms with van der Waals surface area (Å²) < 4.78 is 0. The molecule has 1 N–H and O–H groups in total. The molecular formula is C14H29N. The van der Waals surface area contributed by atoms with Crippen LogP contribution in [0.3, 0.4) is 0 Å². The Morgan fingerprint density at radius 1 is 1.13 bits per heavy atom. The van der Waals surface area contributed by atoms with Gasteiger partial charge in [-0.15, -0.1) is 0 Å². The van der Waals surface area contributed by atoms with Crippen LogP contribution in [0, 0.1) is 23.7 Å². The van der Waals surface area contributed by atoms with Gasteiger partial charge in [0, 0.05) is 6.04 Å². The van der Waals surface area contributed by atoms with Crippen LogP contribution in [0.15, 0.2) is 0 Å². The van der Waals surface area contributed by atoms with Crippen molar-refractivity contribution in [2.45, 2.75) is 59.4 Å². The lowest BCUT2D eigenvalue weighted by Gasteiger charge is -2.38. The van der Waals surface area contributed by atoms with Crippen LogP contribution < -0.4 is 5.32 Å². The van der Waals surface area contributed by atoms with Gasteiger partial charge in [0.1, 0.15) is 0 Å². The van der Waals surface area contributed by atoms with E-state index in [4.69, 9.17) is 0 Å². The zero-order chi connectivity index (χ0) is 11.4. The number of hydrogen-bond donors (Lipinski definition) is 1. The zero-order valence-corrected chi connectivity index (χ0v) is 11.2. The van der Waals surface area contributed by atoms with Crippen LogP contribution >= 0.6 is 0 Å². The maximum atomic E-state index is 3.57. The van der Waals surface area contributed by atoms with E-state index in [2.05, 4.69) is 40.1 Å². The number of rotatable bonds is 4. The van der Waals surface area contributed by atoms with Crippen molar-refractivity contribution < 1.29 is 0 Å². The predicted molar refractivity (Wildman–Crippen MR) is 68.0 cm³/mol. The highest BCUT2D eigenvalue weighted by Gasteiger charge is 2.30. The molecule has 15 heavy (non-hydrogen) atoms. The number of hydrogen-bond acceptors (Lipinski definition) is 1. The molecule has 0 aromatic heterocycles. The molecule has 0 radical (unpaired) electrons. The average Bonchev–Trinajstić information content (AvgIpc) is 2.18. The van der Waals surface area contributed by atoms with Crippen molar-refractivity contribution in [1.29, 1.82) is 0 Å². The van der Waals surface area contributed by atoms with E-state index < -0.39 is 0 Å². The van der Waals surface area contributed by atoms with E-state index in [1.54, 1.807) is 0 Å². The molecule has 0 saturated heterocycles. The van der Waals surface area contributed by atoms with Gasteiger partial charge in [-0.1, -0.05) is 40.5 Å².